The molecule has 0 aromatic heterocycles. The van der Waals surface area contributed by atoms with Gasteiger partial charge in [0.25, 0.3) is 0 Å². The third-order valence-corrected chi connectivity index (χ3v) is 3.67. The molecule has 1 aromatic rings. The molecule has 1 nitrogen and oxygen atoms in total. The molecule has 0 spiro atoms. The first-order valence-electron chi connectivity index (χ1n) is 3.52. The molecule has 0 aliphatic carbocycles. The molecule has 1 aromatic carbocycles. The average molecular weight is 183 g/mol. The normalized spacial score (nSPS) is 17.1. The summed E-state index contributed by atoms with van der Waals surface area (Å²) in [5.74, 6) is 2.06. The smallest absolute Gasteiger partial charge is 0.0472 e. The van der Waals surface area contributed by atoms with Gasteiger partial charge in [0.05, 0.1) is 0 Å². The quantitative estimate of drug-likeness (QED) is 0.663. The highest BCUT2D eigenvalue weighted by Crippen LogP contribution is 2.31. The second-order valence-electron chi connectivity index (χ2n) is 2.27. The van der Waals surface area contributed by atoms with Crippen LogP contribution in [0.25, 0.3) is 0 Å². The molecule has 1 heterocycles. The summed E-state index contributed by atoms with van der Waals surface area (Å²) >= 11 is 3.76. The first kappa shape index (κ1) is 7.53. The van der Waals surface area contributed by atoms with E-state index in [4.69, 9.17) is 0 Å². The molecule has 1 aliphatic heterocycles. The molecule has 0 atom stereocenters. The highest BCUT2D eigenvalue weighted by molar-refractivity contribution is 8.02. The molecule has 0 unspecified atom stereocenters. The first-order valence-corrected chi connectivity index (χ1v) is 5.49. The Bertz CT molecular complexity index is 225. The van der Waals surface area contributed by atoms with Crippen LogP contribution >= 0.6 is 23.5 Å². The third kappa shape index (κ3) is 1.72. The van der Waals surface area contributed by atoms with Crippen molar-refractivity contribution >= 4 is 23.5 Å². The summed E-state index contributed by atoms with van der Waals surface area (Å²) in [5, 5.41) is 3.32. The van der Waals surface area contributed by atoms with E-state index >= 15 is 0 Å². The van der Waals surface area contributed by atoms with Gasteiger partial charge in [0.2, 0.25) is 0 Å². The van der Waals surface area contributed by atoms with Crippen LogP contribution in [0.15, 0.2) is 34.1 Å². The largest absolute Gasteiger partial charge is 0.298 e. The standard InChI is InChI=1S/C8H9NS2/c1-2-4-8-7(3-1)10-5-9-6-11-8/h1-4,9H,5-6H2. The van der Waals surface area contributed by atoms with Crippen molar-refractivity contribution in [2.75, 3.05) is 11.8 Å². The van der Waals surface area contributed by atoms with Crippen LogP contribution in [-0.2, 0) is 0 Å². The van der Waals surface area contributed by atoms with Gasteiger partial charge in [0.1, 0.15) is 0 Å². The van der Waals surface area contributed by atoms with E-state index < -0.39 is 0 Å². The van der Waals surface area contributed by atoms with Crippen molar-refractivity contribution in [1.29, 1.82) is 0 Å². The Morgan fingerprint density at radius 1 is 1.00 bits per heavy atom. The van der Waals surface area contributed by atoms with Crippen molar-refractivity contribution in [3.8, 4) is 0 Å². The van der Waals surface area contributed by atoms with Gasteiger partial charge in [-0.05, 0) is 12.1 Å². The first-order chi connectivity index (χ1) is 5.47. The fourth-order valence-electron chi connectivity index (χ4n) is 0.988. The predicted octanol–water partition coefficient (Wildman–Crippen LogP) is 2.39. The monoisotopic (exact) mass is 183 g/mol. The van der Waals surface area contributed by atoms with Gasteiger partial charge >= 0.3 is 0 Å². The van der Waals surface area contributed by atoms with Gasteiger partial charge in [-0.15, -0.1) is 23.5 Å². The summed E-state index contributed by atoms with van der Waals surface area (Å²) in [6, 6.07) is 8.55. The number of thioether (sulfide) groups is 2. The van der Waals surface area contributed by atoms with E-state index in [1.54, 1.807) is 0 Å². The molecular weight excluding hydrogens is 174 g/mol. The Labute approximate surface area is 75.0 Å². The summed E-state index contributed by atoms with van der Waals surface area (Å²) < 4.78 is 0. The summed E-state index contributed by atoms with van der Waals surface area (Å²) in [7, 11) is 0. The molecule has 11 heavy (non-hydrogen) atoms. The van der Waals surface area contributed by atoms with Gasteiger partial charge in [0.15, 0.2) is 0 Å². The van der Waals surface area contributed by atoms with Gasteiger partial charge in [-0.2, -0.15) is 0 Å². The number of hydrogen-bond acceptors (Lipinski definition) is 3. The Hall–Kier alpha value is -0.120. The zero-order chi connectivity index (χ0) is 7.52. The van der Waals surface area contributed by atoms with Gasteiger partial charge in [0, 0.05) is 21.5 Å². The number of hydrogen-bond donors (Lipinski definition) is 1. The molecule has 0 fully saturated rings. The van der Waals surface area contributed by atoms with Crippen molar-refractivity contribution in [2.45, 2.75) is 9.79 Å². The SMILES string of the molecule is c1ccc2c(c1)SCNCS2. The molecule has 1 aliphatic rings. The number of benzene rings is 1. The summed E-state index contributed by atoms with van der Waals surface area (Å²) in [5.41, 5.74) is 0. The molecular formula is C8H9NS2. The van der Waals surface area contributed by atoms with Crippen LogP contribution in [0.5, 0.6) is 0 Å². The molecule has 0 radical (unpaired) electrons. The van der Waals surface area contributed by atoms with Crippen molar-refractivity contribution < 1.29 is 0 Å². The minimum Gasteiger partial charge on any atom is -0.298 e. The van der Waals surface area contributed by atoms with E-state index in [0.29, 0.717) is 0 Å². The Balaban J connectivity index is 2.33. The van der Waals surface area contributed by atoms with E-state index in [1.807, 2.05) is 23.5 Å². The maximum Gasteiger partial charge on any atom is 0.0472 e. The molecule has 0 bridgehead atoms. The van der Waals surface area contributed by atoms with Gasteiger partial charge < -0.3 is 0 Å². The second kappa shape index (κ2) is 3.52. The van der Waals surface area contributed by atoms with Gasteiger partial charge in [-0.1, -0.05) is 12.1 Å². The maximum absolute atomic E-state index is 3.32. The zero-order valence-electron chi connectivity index (χ0n) is 6.04. The van der Waals surface area contributed by atoms with E-state index in [0.717, 1.165) is 11.8 Å². The van der Waals surface area contributed by atoms with Crippen molar-refractivity contribution in [3.05, 3.63) is 24.3 Å². The van der Waals surface area contributed by atoms with Crippen LogP contribution < -0.4 is 5.32 Å². The van der Waals surface area contributed by atoms with E-state index in [1.165, 1.54) is 9.79 Å². The summed E-state index contributed by atoms with van der Waals surface area (Å²) in [6.07, 6.45) is 0. The van der Waals surface area contributed by atoms with Crippen molar-refractivity contribution in [3.63, 3.8) is 0 Å². The topological polar surface area (TPSA) is 12.0 Å². The van der Waals surface area contributed by atoms with Crippen molar-refractivity contribution in [1.82, 2.24) is 5.32 Å². The lowest BCUT2D eigenvalue weighted by molar-refractivity contribution is 0.953. The van der Waals surface area contributed by atoms with Crippen LogP contribution in [0, 0.1) is 0 Å². The van der Waals surface area contributed by atoms with E-state index in [-0.39, 0.29) is 0 Å². The van der Waals surface area contributed by atoms with Crippen LogP contribution in [0.1, 0.15) is 0 Å². The van der Waals surface area contributed by atoms with Gasteiger partial charge in [-0.3, -0.25) is 5.32 Å². The lowest BCUT2D eigenvalue weighted by Gasteiger charge is -2.00. The van der Waals surface area contributed by atoms with E-state index in [9.17, 15) is 0 Å². The zero-order valence-corrected chi connectivity index (χ0v) is 7.67. The molecule has 2 rings (SSSR count). The Morgan fingerprint density at radius 3 is 2.09 bits per heavy atom. The lowest BCUT2D eigenvalue weighted by atomic mass is 10.4. The molecule has 58 valence electrons. The maximum atomic E-state index is 3.32. The molecule has 0 amide bonds. The average Bonchev–Trinajstić information content (AvgIpc) is 2.28. The number of fused-ring (bicyclic) bond motifs is 1. The fourth-order valence-corrected chi connectivity index (χ4v) is 2.96. The van der Waals surface area contributed by atoms with Crippen LogP contribution in [0.4, 0.5) is 0 Å². The molecule has 1 N–H and O–H groups in total. The van der Waals surface area contributed by atoms with Crippen molar-refractivity contribution in [2.24, 2.45) is 0 Å². The minimum absolute atomic E-state index is 1.03. The number of nitrogens with one attached hydrogen (secondary N) is 1. The third-order valence-electron chi connectivity index (χ3n) is 1.51. The van der Waals surface area contributed by atoms with Crippen LogP contribution in [0.3, 0.4) is 0 Å². The Kier molecular flexibility index (Phi) is 2.41. The molecule has 3 heteroatoms. The number of rotatable bonds is 0. The fraction of sp³-hybridized carbons (Fsp3) is 0.250. The molecule has 0 saturated heterocycles. The second-order valence-corrected chi connectivity index (χ2v) is 4.31. The highest BCUT2D eigenvalue weighted by Gasteiger charge is 2.05. The highest BCUT2D eigenvalue weighted by atomic mass is 32.2. The lowest BCUT2D eigenvalue weighted by Crippen LogP contribution is -2.08. The van der Waals surface area contributed by atoms with E-state index in [2.05, 4.69) is 29.6 Å². The van der Waals surface area contributed by atoms with Crippen LogP contribution in [-0.4, -0.2) is 11.8 Å². The summed E-state index contributed by atoms with van der Waals surface area (Å²) in [4.78, 5) is 2.81. The Morgan fingerprint density at radius 2 is 1.55 bits per heavy atom. The predicted molar refractivity (Wildman–Crippen MR) is 51.0 cm³/mol. The minimum atomic E-state index is 1.03. The summed E-state index contributed by atoms with van der Waals surface area (Å²) in [6.45, 7) is 0. The molecule has 0 saturated carbocycles. The van der Waals surface area contributed by atoms with Gasteiger partial charge in [-0.25, -0.2) is 0 Å². The van der Waals surface area contributed by atoms with Crippen LogP contribution in [0.2, 0.25) is 0 Å².